The fourth-order valence-electron chi connectivity index (χ4n) is 3.08. The molecule has 1 aliphatic rings. The number of rotatable bonds is 4. The van der Waals surface area contributed by atoms with E-state index in [4.69, 9.17) is 0 Å². The number of hydrogen-bond acceptors (Lipinski definition) is 5. The van der Waals surface area contributed by atoms with Crippen LogP contribution in [0.4, 0.5) is 0 Å². The Hall–Kier alpha value is -2.52. The number of benzene rings is 1. The molecule has 2 aromatic heterocycles. The molecule has 8 nitrogen and oxygen atoms in total. The molecule has 4 rings (SSSR count). The Morgan fingerprint density at radius 1 is 1.24 bits per heavy atom. The van der Waals surface area contributed by atoms with Gasteiger partial charge in [0.25, 0.3) is 10.0 Å². The maximum absolute atomic E-state index is 12.9. The molecule has 1 atom stereocenters. The summed E-state index contributed by atoms with van der Waals surface area (Å²) < 4.78 is 28.9. The number of imidazole rings is 1. The van der Waals surface area contributed by atoms with Crippen LogP contribution in [0.1, 0.15) is 24.7 Å². The Labute approximate surface area is 145 Å². The SMILES string of the molecule is Cn1cnc(S(=O)(=O)N2CCC[C@H]2c2nc(-c3ccccc3)n[nH]2)c1. The molecular weight excluding hydrogens is 340 g/mol. The lowest BCUT2D eigenvalue weighted by atomic mass is 10.2. The Bertz CT molecular complexity index is 979. The molecule has 0 bridgehead atoms. The highest BCUT2D eigenvalue weighted by atomic mass is 32.2. The van der Waals surface area contributed by atoms with Crippen LogP contribution in [-0.4, -0.2) is 44.0 Å². The van der Waals surface area contributed by atoms with Gasteiger partial charge in [0.15, 0.2) is 10.9 Å². The average molecular weight is 358 g/mol. The summed E-state index contributed by atoms with van der Waals surface area (Å²) in [5.41, 5.74) is 0.891. The first-order valence-electron chi connectivity index (χ1n) is 8.03. The highest BCUT2D eigenvalue weighted by Gasteiger charge is 2.39. The fraction of sp³-hybridized carbons (Fsp3) is 0.312. The van der Waals surface area contributed by atoms with Gasteiger partial charge in [-0.15, -0.1) is 0 Å². The first-order chi connectivity index (χ1) is 12.1. The van der Waals surface area contributed by atoms with E-state index in [1.165, 1.54) is 16.8 Å². The number of aromatic nitrogens is 5. The highest BCUT2D eigenvalue weighted by molar-refractivity contribution is 7.89. The van der Waals surface area contributed by atoms with Crippen molar-refractivity contribution in [1.29, 1.82) is 0 Å². The van der Waals surface area contributed by atoms with Crippen molar-refractivity contribution in [3.05, 3.63) is 48.7 Å². The smallest absolute Gasteiger partial charge is 0.262 e. The van der Waals surface area contributed by atoms with Gasteiger partial charge in [0.05, 0.1) is 12.4 Å². The van der Waals surface area contributed by atoms with Crippen molar-refractivity contribution >= 4 is 10.0 Å². The van der Waals surface area contributed by atoms with Gasteiger partial charge >= 0.3 is 0 Å². The topological polar surface area (TPSA) is 96.8 Å². The second-order valence-electron chi connectivity index (χ2n) is 6.06. The van der Waals surface area contributed by atoms with Gasteiger partial charge < -0.3 is 4.57 Å². The zero-order valence-electron chi connectivity index (χ0n) is 13.7. The van der Waals surface area contributed by atoms with Gasteiger partial charge in [0.1, 0.15) is 5.82 Å². The predicted octanol–water partition coefficient (Wildman–Crippen LogP) is 1.73. The minimum absolute atomic E-state index is 0.0599. The van der Waals surface area contributed by atoms with Crippen LogP contribution >= 0.6 is 0 Å². The molecule has 0 saturated carbocycles. The lowest BCUT2D eigenvalue weighted by molar-refractivity contribution is 0.382. The average Bonchev–Trinajstić information content (AvgIpc) is 3.35. The Morgan fingerprint density at radius 3 is 2.76 bits per heavy atom. The van der Waals surface area contributed by atoms with Crippen molar-refractivity contribution in [1.82, 2.24) is 29.0 Å². The summed E-state index contributed by atoms with van der Waals surface area (Å²) in [5.74, 6) is 1.13. The molecule has 0 unspecified atom stereocenters. The van der Waals surface area contributed by atoms with Gasteiger partial charge in [-0.1, -0.05) is 30.3 Å². The fourth-order valence-corrected chi connectivity index (χ4v) is 4.71. The number of H-pyrrole nitrogens is 1. The molecule has 0 aliphatic carbocycles. The van der Waals surface area contributed by atoms with Crippen molar-refractivity contribution in [3.8, 4) is 11.4 Å². The van der Waals surface area contributed by atoms with Crippen LogP contribution in [0.5, 0.6) is 0 Å². The minimum atomic E-state index is -3.66. The molecule has 1 saturated heterocycles. The number of sulfonamides is 1. The molecule has 3 aromatic rings. The standard InChI is InChI=1S/C16H18N6O2S/c1-21-10-14(17-11-21)25(23,24)22-9-5-8-13(22)16-18-15(19-20-16)12-6-3-2-4-7-12/h2-4,6-7,10-11,13H,5,8-9H2,1H3,(H,18,19,20)/t13-/m0/s1. The van der Waals surface area contributed by atoms with Crippen LogP contribution in [0.2, 0.25) is 0 Å². The predicted molar refractivity (Wildman–Crippen MR) is 90.9 cm³/mol. The third-order valence-electron chi connectivity index (χ3n) is 4.31. The third kappa shape index (κ3) is 2.85. The van der Waals surface area contributed by atoms with E-state index in [0.717, 1.165) is 12.0 Å². The van der Waals surface area contributed by atoms with Gasteiger partial charge in [-0.3, -0.25) is 5.10 Å². The summed E-state index contributed by atoms with van der Waals surface area (Å²) in [6, 6.07) is 9.25. The van der Waals surface area contributed by atoms with Crippen LogP contribution < -0.4 is 0 Å². The molecule has 3 heterocycles. The van der Waals surface area contributed by atoms with Crippen LogP contribution in [0, 0.1) is 0 Å². The largest absolute Gasteiger partial charge is 0.339 e. The molecule has 130 valence electrons. The molecule has 1 fully saturated rings. The van der Waals surface area contributed by atoms with Crippen molar-refractivity contribution in [2.45, 2.75) is 23.9 Å². The van der Waals surface area contributed by atoms with Crippen LogP contribution in [-0.2, 0) is 17.1 Å². The highest BCUT2D eigenvalue weighted by Crippen LogP contribution is 2.35. The van der Waals surface area contributed by atoms with E-state index < -0.39 is 10.0 Å². The van der Waals surface area contributed by atoms with E-state index in [2.05, 4.69) is 20.2 Å². The number of aryl methyl sites for hydroxylation is 1. The quantitative estimate of drug-likeness (QED) is 0.766. The van der Waals surface area contributed by atoms with E-state index >= 15 is 0 Å². The van der Waals surface area contributed by atoms with Crippen LogP contribution in [0.3, 0.4) is 0 Å². The first kappa shape index (κ1) is 16.0. The summed E-state index contributed by atoms with van der Waals surface area (Å²) >= 11 is 0. The zero-order chi connectivity index (χ0) is 17.4. The molecule has 1 N–H and O–H groups in total. The van der Waals surface area contributed by atoms with Gasteiger partial charge in [-0.05, 0) is 12.8 Å². The van der Waals surface area contributed by atoms with Crippen LogP contribution in [0.15, 0.2) is 47.9 Å². The number of aromatic amines is 1. The number of nitrogens with one attached hydrogen (secondary N) is 1. The normalized spacial score (nSPS) is 18.7. The lowest BCUT2D eigenvalue weighted by Crippen LogP contribution is -2.31. The molecule has 0 amide bonds. The van der Waals surface area contributed by atoms with Crippen LogP contribution in [0.25, 0.3) is 11.4 Å². The number of nitrogens with zero attached hydrogens (tertiary/aromatic N) is 5. The van der Waals surface area contributed by atoms with Gasteiger partial charge in [-0.2, -0.15) is 9.40 Å². The van der Waals surface area contributed by atoms with E-state index in [-0.39, 0.29) is 11.1 Å². The summed E-state index contributed by atoms with van der Waals surface area (Å²) in [7, 11) is -1.91. The van der Waals surface area contributed by atoms with E-state index in [9.17, 15) is 8.42 Å². The van der Waals surface area contributed by atoms with Crippen molar-refractivity contribution in [2.24, 2.45) is 7.05 Å². The molecule has 9 heteroatoms. The third-order valence-corrected chi connectivity index (χ3v) is 6.10. The Balaban J connectivity index is 1.65. The van der Waals surface area contributed by atoms with Gasteiger partial charge in [-0.25, -0.2) is 18.4 Å². The molecule has 25 heavy (non-hydrogen) atoms. The summed E-state index contributed by atoms with van der Waals surface area (Å²) in [6.07, 6.45) is 4.48. The van der Waals surface area contributed by atoms with E-state index in [1.54, 1.807) is 11.6 Å². The first-order valence-corrected chi connectivity index (χ1v) is 9.47. The second-order valence-corrected chi connectivity index (χ2v) is 7.90. The maximum Gasteiger partial charge on any atom is 0.262 e. The van der Waals surface area contributed by atoms with Gasteiger partial charge in [0.2, 0.25) is 0 Å². The Morgan fingerprint density at radius 2 is 2.04 bits per heavy atom. The Kier molecular flexibility index (Phi) is 3.89. The molecule has 1 aromatic carbocycles. The molecule has 0 spiro atoms. The molecule has 0 radical (unpaired) electrons. The molecule has 1 aliphatic heterocycles. The summed E-state index contributed by atoms with van der Waals surface area (Å²) in [5, 5.41) is 7.22. The number of hydrogen-bond donors (Lipinski definition) is 1. The second kappa shape index (κ2) is 6.08. The van der Waals surface area contributed by atoms with Crippen molar-refractivity contribution in [2.75, 3.05) is 6.54 Å². The maximum atomic E-state index is 12.9. The zero-order valence-corrected chi connectivity index (χ0v) is 14.5. The molecular formula is C16H18N6O2S. The van der Waals surface area contributed by atoms with Crippen molar-refractivity contribution < 1.29 is 8.42 Å². The van der Waals surface area contributed by atoms with Crippen molar-refractivity contribution in [3.63, 3.8) is 0 Å². The van der Waals surface area contributed by atoms with E-state index in [1.807, 2.05) is 30.3 Å². The summed E-state index contributed by atoms with van der Waals surface area (Å²) in [6.45, 7) is 0.449. The monoisotopic (exact) mass is 358 g/mol. The van der Waals surface area contributed by atoms with E-state index in [0.29, 0.717) is 24.6 Å². The lowest BCUT2D eigenvalue weighted by Gasteiger charge is -2.20. The summed E-state index contributed by atoms with van der Waals surface area (Å²) in [4.78, 5) is 8.53. The van der Waals surface area contributed by atoms with Gasteiger partial charge in [0, 0.05) is 25.4 Å². The minimum Gasteiger partial charge on any atom is -0.339 e.